The molecule has 1 aliphatic heterocycles. The second-order valence-corrected chi connectivity index (χ2v) is 7.24. The Labute approximate surface area is 163 Å². The van der Waals surface area contributed by atoms with E-state index in [0.29, 0.717) is 13.1 Å². The van der Waals surface area contributed by atoms with Gasteiger partial charge in [-0.1, -0.05) is 34.1 Å². The Balaban J connectivity index is 1.44. The molecule has 0 bridgehead atoms. The Bertz CT molecular complexity index is 728. The van der Waals surface area contributed by atoms with E-state index in [2.05, 4.69) is 55.3 Å². The fourth-order valence-corrected chi connectivity index (χ4v) is 3.38. The summed E-state index contributed by atoms with van der Waals surface area (Å²) >= 11 is 3.47. The van der Waals surface area contributed by atoms with Gasteiger partial charge in [-0.15, -0.1) is 0 Å². The van der Waals surface area contributed by atoms with Crippen molar-refractivity contribution < 1.29 is 9.53 Å². The highest BCUT2D eigenvalue weighted by atomic mass is 79.9. The minimum Gasteiger partial charge on any atom is -0.496 e. The number of carbonyl (C=O) groups excluding carboxylic acids is 1. The largest absolute Gasteiger partial charge is 0.496 e. The molecule has 2 aromatic rings. The molecule has 1 N–H and O–H groups in total. The molecule has 5 nitrogen and oxygen atoms in total. The molecule has 1 fully saturated rings. The number of methoxy groups -OCH3 is 1. The Kier molecular flexibility index (Phi) is 6.52. The second-order valence-electron chi connectivity index (χ2n) is 6.33. The Hall–Kier alpha value is -2.05. The number of ether oxygens (including phenoxy) is 1. The molecule has 1 heterocycles. The molecule has 3 rings (SSSR count). The van der Waals surface area contributed by atoms with Crippen LogP contribution < -0.4 is 15.0 Å². The topological polar surface area (TPSA) is 44.8 Å². The zero-order valence-electron chi connectivity index (χ0n) is 15.0. The van der Waals surface area contributed by atoms with Crippen LogP contribution in [-0.4, -0.2) is 50.6 Å². The van der Waals surface area contributed by atoms with Gasteiger partial charge in [0.15, 0.2) is 0 Å². The van der Waals surface area contributed by atoms with Crippen molar-refractivity contribution in [3.05, 3.63) is 58.6 Å². The van der Waals surface area contributed by atoms with Crippen LogP contribution in [-0.2, 0) is 11.3 Å². The smallest absolute Gasteiger partial charge is 0.234 e. The summed E-state index contributed by atoms with van der Waals surface area (Å²) in [5, 5.41) is 2.99. The van der Waals surface area contributed by atoms with Gasteiger partial charge in [-0.2, -0.15) is 0 Å². The third-order valence-corrected chi connectivity index (χ3v) is 5.13. The van der Waals surface area contributed by atoms with E-state index < -0.39 is 0 Å². The average Bonchev–Trinajstić information content (AvgIpc) is 2.68. The number of amides is 1. The second kappa shape index (κ2) is 9.05. The van der Waals surface area contributed by atoms with E-state index in [4.69, 9.17) is 4.74 Å². The zero-order valence-corrected chi connectivity index (χ0v) is 16.5. The summed E-state index contributed by atoms with van der Waals surface area (Å²) in [6.45, 7) is 4.56. The Morgan fingerprint density at radius 3 is 2.46 bits per heavy atom. The maximum Gasteiger partial charge on any atom is 0.234 e. The third kappa shape index (κ3) is 4.99. The molecule has 0 unspecified atom stereocenters. The molecule has 2 aromatic carbocycles. The van der Waals surface area contributed by atoms with Crippen molar-refractivity contribution in [2.24, 2.45) is 0 Å². The molecule has 0 atom stereocenters. The van der Waals surface area contributed by atoms with Gasteiger partial charge in [-0.25, -0.2) is 0 Å². The molecule has 26 heavy (non-hydrogen) atoms. The van der Waals surface area contributed by atoms with Crippen LogP contribution in [0.4, 0.5) is 5.69 Å². The number of nitrogens with zero attached hydrogens (tertiary/aromatic N) is 2. The highest BCUT2D eigenvalue weighted by Gasteiger charge is 2.19. The van der Waals surface area contributed by atoms with Crippen LogP contribution in [0, 0.1) is 0 Å². The summed E-state index contributed by atoms with van der Waals surface area (Å²) in [5.41, 5.74) is 2.22. The quantitative estimate of drug-likeness (QED) is 0.784. The number of halogens is 1. The lowest BCUT2D eigenvalue weighted by molar-refractivity contribution is -0.122. The molecule has 1 saturated heterocycles. The standard InChI is InChI=1S/C20H24BrN3O2/c1-26-19-5-3-2-4-16(19)14-22-20(25)15-23-10-12-24(13-11-23)18-8-6-17(21)7-9-18/h2-9H,10-15H2,1H3,(H,22,25). The lowest BCUT2D eigenvalue weighted by Crippen LogP contribution is -2.49. The molecule has 6 heteroatoms. The van der Waals surface area contributed by atoms with E-state index in [1.807, 2.05) is 24.3 Å². The predicted molar refractivity (Wildman–Crippen MR) is 108 cm³/mol. The molecule has 0 aromatic heterocycles. The van der Waals surface area contributed by atoms with Crippen LogP contribution >= 0.6 is 15.9 Å². The van der Waals surface area contributed by atoms with E-state index in [1.54, 1.807) is 7.11 Å². The number of hydrogen-bond donors (Lipinski definition) is 1. The number of anilines is 1. The number of hydrogen-bond acceptors (Lipinski definition) is 4. The van der Waals surface area contributed by atoms with Crippen LogP contribution in [0.15, 0.2) is 53.0 Å². The molecule has 0 aliphatic carbocycles. The molecule has 0 spiro atoms. The summed E-state index contributed by atoms with van der Waals surface area (Å²) in [7, 11) is 1.64. The molecular formula is C20H24BrN3O2. The van der Waals surface area contributed by atoms with Crippen molar-refractivity contribution in [3.8, 4) is 5.75 Å². The van der Waals surface area contributed by atoms with E-state index in [0.717, 1.165) is 42.0 Å². The van der Waals surface area contributed by atoms with Crippen molar-refractivity contribution in [2.45, 2.75) is 6.54 Å². The van der Waals surface area contributed by atoms with E-state index in [1.165, 1.54) is 5.69 Å². The first-order valence-electron chi connectivity index (χ1n) is 8.77. The Morgan fingerprint density at radius 1 is 1.08 bits per heavy atom. The van der Waals surface area contributed by atoms with Gasteiger partial charge in [-0.05, 0) is 30.3 Å². The van der Waals surface area contributed by atoms with Gasteiger partial charge in [-0.3, -0.25) is 9.69 Å². The van der Waals surface area contributed by atoms with Gasteiger partial charge in [0.1, 0.15) is 5.75 Å². The monoisotopic (exact) mass is 417 g/mol. The summed E-state index contributed by atoms with van der Waals surface area (Å²) in [6, 6.07) is 16.1. The molecule has 0 radical (unpaired) electrons. The fourth-order valence-electron chi connectivity index (χ4n) is 3.12. The predicted octanol–water partition coefficient (Wildman–Crippen LogP) is 2.90. The summed E-state index contributed by atoms with van der Waals surface area (Å²) in [5.74, 6) is 0.851. The van der Waals surface area contributed by atoms with Crippen molar-refractivity contribution in [2.75, 3.05) is 44.7 Å². The van der Waals surface area contributed by atoms with Crippen LogP contribution in [0.25, 0.3) is 0 Å². The van der Waals surface area contributed by atoms with E-state index in [-0.39, 0.29) is 5.91 Å². The first-order valence-corrected chi connectivity index (χ1v) is 9.56. The van der Waals surface area contributed by atoms with Crippen molar-refractivity contribution in [3.63, 3.8) is 0 Å². The van der Waals surface area contributed by atoms with Gasteiger partial charge in [0, 0.05) is 48.4 Å². The molecule has 0 saturated carbocycles. The van der Waals surface area contributed by atoms with Gasteiger partial charge < -0.3 is 15.0 Å². The van der Waals surface area contributed by atoms with Crippen molar-refractivity contribution >= 4 is 27.5 Å². The lowest BCUT2D eigenvalue weighted by atomic mass is 10.2. The number of rotatable bonds is 6. The SMILES string of the molecule is COc1ccccc1CNC(=O)CN1CCN(c2ccc(Br)cc2)CC1. The average molecular weight is 418 g/mol. The number of para-hydroxylation sites is 1. The zero-order chi connectivity index (χ0) is 18.4. The minimum absolute atomic E-state index is 0.0491. The Morgan fingerprint density at radius 2 is 1.77 bits per heavy atom. The molecular weight excluding hydrogens is 394 g/mol. The van der Waals surface area contributed by atoms with Gasteiger partial charge in [0.2, 0.25) is 5.91 Å². The van der Waals surface area contributed by atoms with Gasteiger partial charge >= 0.3 is 0 Å². The van der Waals surface area contributed by atoms with E-state index >= 15 is 0 Å². The first-order chi connectivity index (χ1) is 12.7. The highest BCUT2D eigenvalue weighted by Crippen LogP contribution is 2.20. The maximum atomic E-state index is 12.3. The van der Waals surface area contributed by atoms with Crippen molar-refractivity contribution in [1.82, 2.24) is 10.2 Å². The number of carbonyl (C=O) groups is 1. The van der Waals surface area contributed by atoms with Crippen LogP contribution in [0.2, 0.25) is 0 Å². The first kappa shape index (κ1) is 18.7. The summed E-state index contributed by atoms with van der Waals surface area (Å²) in [4.78, 5) is 16.8. The van der Waals surface area contributed by atoms with Crippen LogP contribution in [0.3, 0.4) is 0 Å². The summed E-state index contributed by atoms with van der Waals surface area (Å²) < 4.78 is 6.41. The highest BCUT2D eigenvalue weighted by molar-refractivity contribution is 9.10. The lowest BCUT2D eigenvalue weighted by Gasteiger charge is -2.35. The third-order valence-electron chi connectivity index (χ3n) is 4.60. The van der Waals surface area contributed by atoms with E-state index in [9.17, 15) is 4.79 Å². The summed E-state index contributed by atoms with van der Waals surface area (Å²) in [6.07, 6.45) is 0. The van der Waals surface area contributed by atoms with Crippen molar-refractivity contribution in [1.29, 1.82) is 0 Å². The van der Waals surface area contributed by atoms with Crippen LogP contribution in [0.5, 0.6) is 5.75 Å². The molecule has 1 aliphatic rings. The normalized spacial score (nSPS) is 14.9. The van der Waals surface area contributed by atoms with Gasteiger partial charge in [0.05, 0.1) is 13.7 Å². The molecule has 138 valence electrons. The van der Waals surface area contributed by atoms with Gasteiger partial charge in [0.25, 0.3) is 0 Å². The fraction of sp³-hybridized carbons (Fsp3) is 0.350. The van der Waals surface area contributed by atoms with Crippen LogP contribution in [0.1, 0.15) is 5.56 Å². The number of piperazine rings is 1. The maximum absolute atomic E-state index is 12.3. The molecule has 1 amide bonds. The minimum atomic E-state index is 0.0491. The number of benzene rings is 2. The number of nitrogens with one attached hydrogen (secondary N) is 1.